The van der Waals surface area contributed by atoms with Crippen molar-refractivity contribution in [1.29, 1.82) is 0 Å². The van der Waals surface area contributed by atoms with Gasteiger partial charge in [-0.15, -0.1) is 5.10 Å². The first kappa shape index (κ1) is 21.2. The van der Waals surface area contributed by atoms with Crippen LogP contribution in [-0.4, -0.2) is 56.2 Å². The summed E-state index contributed by atoms with van der Waals surface area (Å²) < 4.78 is 2.97. The molecule has 9 heteroatoms. The Morgan fingerprint density at radius 1 is 1.00 bits per heavy atom. The molecule has 0 aliphatic carbocycles. The first-order valence-electron chi connectivity index (χ1n) is 10.8. The number of aryl methyl sites for hydroxylation is 1. The van der Waals surface area contributed by atoms with Crippen LogP contribution < -0.4 is 10.5 Å². The summed E-state index contributed by atoms with van der Waals surface area (Å²) in [7, 11) is 0. The van der Waals surface area contributed by atoms with Gasteiger partial charge >= 0.3 is 0 Å². The second-order valence-electron chi connectivity index (χ2n) is 8.04. The summed E-state index contributed by atoms with van der Waals surface area (Å²) in [4.78, 5) is 34.4. The lowest BCUT2D eigenvalue weighted by Gasteiger charge is -2.36. The SMILES string of the molecule is Cc1cc(=O)n2nc(-c3ccccc3Cl)nc2n1CC(=O)N1CCN(c2ccccc2)CC1. The fourth-order valence-corrected chi connectivity index (χ4v) is 4.36. The van der Waals surface area contributed by atoms with Crippen molar-refractivity contribution in [2.75, 3.05) is 31.1 Å². The van der Waals surface area contributed by atoms with Crippen LogP contribution >= 0.6 is 11.6 Å². The highest BCUT2D eigenvalue weighted by atomic mass is 35.5. The van der Waals surface area contributed by atoms with Crippen LogP contribution in [0.3, 0.4) is 0 Å². The molecule has 2 aromatic heterocycles. The van der Waals surface area contributed by atoms with Crippen molar-refractivity contribution in [1.82, 2.24) is 24.1 Å². The Hall–Kier alpha value is -3.65. The summed E-state index contributed by atoms with van der Waals surface area (Å²) in [5.74, 6) is 0.658. The Bertz CT molecular complexity index is 1370. The van der Waals surface area contributed by atoms with Gasteiger partial charge in [-0.1, -0.05) is 41.9 Å². The van der Waals surface area contributed by atoms with Crippen molar-refractivity contribution in [2.24, 2.45) is 0 Å². The molecule has 0 radical (unpaired) electrons. The topological polar surface area (TPSA) is 75.7 Å². The van der Waals surface area contributed by atoms with E-state index < -0.39 is 0 Å². The number of hydrogen-bond donors (Lipinski definition) is 0. The summed E-state index contributed by atoms with van der Waals surface area (Å²) in [6.45, 7) is 4.71. The molecule has 0 N–H and O–H groups in total. The highest BCUT2D eigenvalue weighted by molar-refractivity contribution is 6.33. The van der Waals surface area contributed by atoms with Crippen molar-refractivity contribution in [3.63, 3.8) is 0 Å². The van der Waals surface area contributed by atoms with Gasteiger partial charge in [0.2, 0.25) is 11.7 Å². The van der Waals surface area contributed by atoms with E-state index >= 15 is 0 Å². The molecular formula is C24H23ClN6O2. The molecule has 2 aromatic carbocycles. The van der Waals surface area contributed by atoms with Crippen molar-refractivity contribution in [3.8, 4) is 11.4 Å². The van der Waals surface area contributed by atoms with Crippen LogP contribution in [0, 0.1) is 6.92 Å². The van der Waals surface area contributed by atoms with Crippen molar-refractivity contribution in [2.45, 2.75) is 13.5 Å². The molecule has 4 aromatic rings. The first-order chi connectivity index (χ1) is 16.0. The van der Waals surface area contributed by atoms with Gasteiger partial charge in [0.05, 0.1) is 5.02 Å². The molecule has 5 rings (SSSR count). The van der Waals surface area contributed by atoms with Crippen LogP contribution in [0.25, 0.3) is 17.2 Å². The van der Waals surface area contributed by atoms with Crippen LogP contribution in [0.15, 0.2) is 65.5 Å². The monoisotopic (exact) mass is 462 g/mol. The summed E-state index contributed by atoms with van der Waals surface area (Å²) in [6, 6.07) is 18.9. The van der Waals surface area contributed by atoms with Crippen molar-refractivity contribution in [3.05, 3.63) is 81.7 Å². The predicted octanol–water partition coefficient (Wildman–Crippen LogP) is 2.87. The second kappa shape index (κ2) is 8.71. The van der Waals surface area contributed by atoms with E-state index in [1.807, 2.05) is 35.2 Å². The zero-order valence-corrected chi connectivity index (χ0v) is 18.9. The molecule has 1 fully saturated rings. The average Bonchev–Trinajstić information content (AvgIpc) is 3.28. The Morgan fingerprint density at radius 3 is 2.42 bits per heavy atom. The molecule has 3 heterocycles. The summed E-state index contributed by atoms with van der Waals surface area (Å²) >= 11 is 6.30. The summed E-state index contributed by atoms with van der Waals surface area (Å²) in [5.41, 5.74) is 2.16. The van der Waals surface area contributed by atoms with Crippen LogP contribution in [0.1, 0.15) is 5.69 Å². The molecule has 0 spiro atoms. The quantitative estimate of drug-likeness (QED) is 0.466. The first-order valence-corrected chi connectivity index (χ1v) is 11.2. The van der Waals surface area contributed by atoms with Crippen LogP contribution in [0.4, 0.5) is 5.69 Å². The molecule has 33 heavy (non-hydrogen) atoms. The second-order valence-corrected chi connectivity index (χ2v) is 8.45. The van der Waals surface area contributed by atoms with E-state index in [4.69, 9.17) is 11.6 Å². The molecule has 1 aliphatic rings. The molecule has 0 atom stereocenters. The molecule has 0 unspecified atom stereocenters. The number of piperazine rings is 1. The number of carbonyl (C=O) groups excluding carboxylic acids is 1. The fraction of sp³-hybridized carbons (Fsp3) is 0.250. The van der Waals surface area contributed by atoms with Crippen LogP contribution in [-0.2, 0) is 11.3 Å². The maximum Gasteiger partial charge on any atom is 0.275 e. The minimum absolute atomic E-state index is 0.0151. The van der Waals surface area contributed by atoms with Crippen molar-refractivity contribution >= 4 is 29.0 Å². The van der Waals surface area contributed by atoms with E-state index in [9.17, 15) is 9.59 Å². The van der Waals surface area contributed by atoms with Gasteiger partial charge in [0.15, 0.2) is 5.82 Å². The maximum absolute atomic E-state index is 13.2. The lowest BCUT2D eigenvalue weighted by Crippen LogP contribution is -2.49. The third-order valence-electron chi connectivity index (χ3n) is 5.96. The fourth-order valence-electron chi connectivity index (χ4n) is 4.14. The zero-order valence-electron chi connectivity index (χ0n) is 18.2. The normalized spacial score (nSPS) is 14.1. The minimum atomic E-state index is -0.298. The molecule has 168 valence electrons. The molecule has 8 nitrogen and oxygen atoms in total. The molecule has 0 saturated carbocycles. The Morgan fingerprint density at radius 2 is 1.70 bits per heavy atom. The average molecular weight is 463 g/mol. The lowest BCUT2D eigenvalue weighted by atomic mass is 10.2. The molecule has 1 saturated heterocycles. The number of benzene rings is 2. The Labute approximate surface area is 195 Å². The van der Waals surface area contributed by atoms with Gasteiger partial charge in [0.1, 0.15) is 6.54 Å². The molecular weight excluding hydrogens is 440 g/mol. The Kier molecular flexibility index (Phi) is 5.60. The minimum Gasteiger partial charge on any atom is -0.368 e. The van der Waals surface area contributed by atoms with Crippen LogP contribution in [0.5, 0.6) is 0 Å². The number of nitrogens with zero attached hydrogens (tertiary/aromatic N) is 6. The van der Waals surface area contributed by atoms with Crippen molar-refractivity contribution < 1.29 is 4.79 Å². The Balaban J connectivity index is 1.39. The van der Waals surface area contributed by atoms with E-state index in [0.717, 1.165) is 18.8 Å². The van der Waals surface area contributed by atoms with E-state index in [1.54, 1.807) is 23.6 Å². The third-order valence-corrected chi connectivity index (χ3v) is 6.29. The van der Waals surface area contributed by atoms with Gasteiger partial charge in [-0.05, 0) is 31.2 Å². The van der Waals surface area contributed by atoms with Gasteiger partial charge in [-0.3, -0.25) is 9.59 Å². The van der Waals surface area contributed by atoms with Gasteiger partial charge < -0.3 is 14.4 Å². The third kappa shape index (κ3) is 4.09. The lowest BCUT2D eigenvalue weighted by molar-refractivity contribution is -0.132. The van der Waals surface area contributed by atoms with E-state index in [1.165, 1.54) is 10.6 Å². The number of para-hydroxylation sites is 1. The maximum atomic E-state index is 13.2. The van der Waals surface area contributed by atoms with E-state index in [0.29, 0.717) is 41.0 Å². The molecule has 1 aliphatic heterocycles. The molecule has 1 amide bonds. The highest BCUT2D eigenvalue weighted by Crippen LogP contribution is 2.25. The largest absolute Gasteiger partial charge is 0.368 e. The number of fused-ring (bicyclic) bond motifs is 1. The number of hydrogen-bond acceptors (Lipinski definition) is 5. The smallest absolute Gasteiger partial charge is 0.275 e. The van der Waals surface area contributed by atoms with Gasteiger partial charge in [0, 0.05) is 49.2 Å². The number of rotatable bonds is 4. The number of aromatic nitrogens is 4. The van der Waals surface area contributed by atoms with Crippen LogP contribution in [0.2, 0.25) is 5.02 Å². The standard InChI is InChI=1S/C24H23ClN6O2/c1-17-15-21(32)31-24(26-23(27-31)19-9-5-6-10-20(19)25)30(17)16-22(33)29-13-11-28(12-14-29)18-7-3-2-4-8-18/h2-10,15H,11-14,16H2,1H3. The highest BCUT2D eigenvalue weighted by Gasteiger charge is 2.23. The van der Waals surface area contributed by atoms with Gasteiger partial charge in [0.25, 0.3) is 5.56 Å². The summed E-state index contributed by atoms with van der Waals surface area (Å²) in [5, 5.41) is 4.86. The van der Waals surface area contributed by atoms with Gasteiger partial charge in [-0.2, -0.15) is 9.50 Å². The van der Waals surface area contributed by atoms with E-state index in [2.05, 4.69) is 27.1 Å². The zero-order chi connectivity index (χ0) is 22.9. The predicted molar refractivity (Wildman–Crippen MR) is 128 cm³/mol. The number of anilines is 1. The number of amides is 1. The molecule has 0 bridgehead atoms. The van der Waals surface area contributed by atoms with Gasteiger partial charge in [-0.25, -0.2) is 0 Å². The number of halogens is 1. The van der Waals surface area contributed by atoms with E-state index in [-0.39, 0.29) is 18.0 Å². The summed E-state index contributed by atoms with van der Waals surface area (Å²) in [6.07, 6.45) is 0. The number of carbonyl (C=O) groups is 1.